The van der Waals surface area contributed by atoms with Crippen LogP contribution >= 0.6 is 11.3 Å². The Labute approximate surface area is 127 Å². The van der Waals surface area contributed by atoms with Crippen molar-refractivity contribution < 1.29 is 4.74 Å². The molecule has 1 aliphatic rings. The van der Waals surface area contributed by atoms with Crippen LogP contribution in [-0.4, -0.2) is 12.6 Å². The fourth-order valence-corrected chi connectivity index (χ4v) is 3.36. The Bertz CT molecular complexity index is 424. The summed E-state index contributed by atoms with van der Waals surface area (Å²) in [5, 5.41) is 3.45. The van der Waals surface area contributed by atoms with Crippen molar-refractivity contribution in [2.24, 2.45) is 11.8 Å². The van der Waals surface area contributed by atoms with Crippen molar-refractivity contribution in [2.45, 2.75) is 52.8 Å². The molecule has 0 amide bonds. The van der Waals surface area contributed by atoms with Gasteiger partial charge in [-0.1, -0.05) is 32.9 Å². The van der Waals surface area contributed by atoms with Crippen molar-refractivity contribution in [1.82, 2.24) is 5.32 Å². The fourth-order valence-electron chi connectivity index (χ4n) is 2.45. The van der Waals surface area contributed by atoms with E-state index in [1.165, 1.54) is 22.6 Å². The molecule has 0 aromatic carbocycles. The number of hydrogen-bond donors (Lipinski definition) is 1. The molecular weight excluding hydrogens is 266 g/mol. The largest absolute Gasteiger partial charge is 0.376 e. The van der Waals surface area contributed by atoms with Gasteiger partial charge in [-0.15, -0.1) is 11.3 Å². The van der Waals surface area contributed by atoms with Gasteiger partial charge in [0, 0.05) is 22.3 Å². The predicted molar refractivity (Wildman–Crippen MR) is 87.0 cm³/mol. The molecule has 0 aliphatic heterocycles. The first-order valence-electron chi connectivity index (χ1n) is 7.69. The third kappa shape index (κ3) is 5.04. The summed E-state index contributed by atoms with van der Waals surface area (Å²) in [5.41, 5.74) is 0. The van der Waals surface area contributed by atoms with E-state index >= 15 is 0 Å². The van der Waals surface area contributed by atoms with Crippen LogP contribution in [0.5, 0.6) is 0 Å². The SMILES string of the molecule is CC(C)NCc1ccc(COCC2CC=CCC2C)s1. The number of thiophene rings is 1. The molecule has 2 unspecified atom stereocenters. The lowest BCUT2D eigenvalue weighted by atomic mass is 9.85. The third-order valence-electron chi connectivity index (χ3n) is 3.90. The van der Waals surface area contributed by atoms with Crippen molar-refractivity contribution in [3.8, 4) is 0 Å². The zero-order valence-corrected chi connectivity index (χ0v) is 13.7. The smallest absolute Gasteiger partial charge is 0.0809 e. The molecule has 20 heavy (non-hydrogen) atoms. The van der Waals surface area contributed by atoms with Crippen LogP contribution < -0.4 is 5.32 Å². The molecule has 2 nitrogen and oxygen atoms in total. The van der Waals surface area contributed by atoms with E-state index in [4.69, 9.17) is 4.74 Å². The van der Waals surface area contributed by atoms with E-state index in [2.05, 4.69) is 50.4 Å². The molecule has 0 saturated carbocycles. The molecular formula is C17H27NOS. The first kappa shape index (κ1) is 15.7. The summed E-state index contributed by atoms with van der Waals surface area (Å²) in [6.07, 6.45) is 6.98. The molecule has 0 fully saturated rings. The van der Waals surface area contributed by atoms with Gasteiger partial charge in [-0.05, 0) is 36.8 Å². The summed E-state index contributed by atoms with van der Waals surface area (Å²) in [4.78, 5) is 2.73. The molecule has 2 atom stereocenters. The van der Waals surface area contributed by atoms with E-state index in [1.807, 2.05) is 11.3 Å². The normalized spacial score (nSPS) is 22.6. The molecule has 1 heterocycles. The van der Waals surface area contributed by atoms with Crippen LogP contribution in [0.15, 0.2) is 24.3 Å². The molecule has 0 radical (unpaired) electrons. The summed E-state index contributed by atoms with van der Waals surface area (Å²) < 4.78 is 5.92. The molecule has 0 spiro atoms. The number of hydrogen-bond acceptors (Lipinski definition) is 3. The van der Waals surface area contributed by atoms with Crippen molar-refractivity contribution in [1.29, 1.82) is 0 Å². The maximum Gasteiger partial charge on any atom is 0.0809 e. The van der Waals surface area contributed by atoms with Gasteiger partial charge in [0.2, 0.25) is 0 Å². The Morgan fingerprint density at radius 2 is 2.00 bits per heavy atom. The summed E-state index contributed by atoms with van der Waals surface area (Å²) in [6, 6.07) is 4.95. The highest BCUT2D eigenvalue weighted by Gasteiger charge is 2.18. The van der Waals surface area contributed by atoms with Gasteiger partial charge in [-0.25, -0.2) is 0 Å². The second-order valence-electron chi connectivity index (χ2n) is 6.10. The minimum absolute atomic E-state index is 0.539. The Balaban J connectivity index is 1.70. The van der Waals surface area contributed by atoms with Crippen LogP contribution in [0.4, 0.5) is 0 Å². The molecule has 1 aromatic rings. The Kier molecular flexibility index (Phi) is 6.27. The van der Waals surface area contributed by atoms with Crippen molar-refractivity contribution >= 4 is 11.3 Å². The molecule has 3 heteroatoms. The summed E-state index contributed by atoms with van der Waals surface area (Å²) >= 11 is 1.86. The minimum atomic E-state index is 0.539. The highest BCUT2D eigenvalue weighted by Crippen LogP contribution is 2.26. The monoisotopic (exact) mass is 293 g/mol. The summed E-state index contributed by atoms with van der Waals surface area (Å²) in [5.74, 6) is 1.45. The minimum Gasteiger partial charge on any atom is -0.376 e. The van der Waals surface area contributed by atoms with E-state index in [0.717, 1.165) is 25.7 Å². The fraction of sp³-hybridized carbons (Fsp3) is 0.647. The summed E-state index contributed by atoms with van der Waals surface area (Å²) in [7, 11) is 0. The topological polar surface area (TPSA) is 21.3 Å². The Morgan fingerprint density at radius 3 is 2.75 bits per heavy atom. The van der Waals surface area contributed by atoms with Crippen LogP contribution in [0.3, 0.4) is 0 Å². The van der Waals surface area contributed by atoms with Gasteiger partial charge in [0.1, 0.15) is 0 Å². The second-order valence-corrected chi connectivity index (χ2v) is 7.35. The van der Waals surface area contributed by atoms with E-state index in [0.29, 0.717) is 12.0 Å². The van der Waals surface area contributed by atoms with E-state index in [9.17, 15) is 0 Å². The average Bonchev–Trinajstić information content (AvgIpc) is 2.87. The van der Waals surface area contributed by atoms with E-state index in [1.54, 1.807) is 0 Å². The average molecular weight is 293 g/mol. The van der Waals surface area contributed by atoms with Crippen LogP contribution in [0.2, 0.25) is 0 Å². The van der Waals surface area contributed by atoms with Crippen molar-refractivity contribution in [3.63, 3.8) is 0 Å². The first-order chi connectivity index (χ1) is 9.65. The summed E-state index contributed by atoms with van der Waals surface area (Å²) in [6.45, 7) is 9.31. The number of allylic oxidation sites excluding steroid dienone is 2. The molecule has 0 saturated heterocycles. The molecule has 1 aromatic heterocycles. The first-order valence-corrected chi connectivity index (χ1v) is 8.50. The van der Waals surface area contributed by atoms with Gasteiger partial charge in [0.15, 0.2) is 0 Å². The third-order valence-corrected chi connectivity index (χ3v) is 4.95. The van der Waals surface area contributed by atoms with E-state index in [-0.39, 0.29) is 0 Å². The lowest BCUT2D eigenvalue weighted by molar-refractivity contribution is 0.0695. The highest BCUT2D eigenvalue weighted by atomic mass is 32.1. The van der Waals surface area contributed by atoms with Crippen molar-refractivity contribution in [2.75, 3.05) is 6.61 Å². The van der Waals surface area contributed by atoms with Crippen molar-refractivity contribution in [3.05, 3.63) is 34.0 Å². The van der Waals surface area contributed by atoms with Gasteiger partial charge in [-0.3, -0.25) is 0 Å². The highest BCUT2D eigenvalue weighted by molar-refractivity contribution is 7.11. The van der Waals surface area contributed by atoms with Gasteiger partial charge in [0.25, 0.3) is 0 Å². The number of nitrogens with one attached hydrogen (secondary N) is 1. The maximum absolute atomic E-state index is 5.92. The zero-order valence-electron chi connectivity index (χ0n) is 12.9. The molecule has 112 valence electrons. The standard InChI is InChI=1S/C17H27NOS/c1-13(2)18-10-16-8-9-17(20-16)12-19-11-15-7-5-4-6-14(15)3/h4-5,8-9,13-15,18H,6-7,10-12H2,1-3H3. The second kappa shape index (κ2) is 7.96. The lowest BCUT2D eigenvalue weighted by Gasteiger charge is -2.24. The van der Waals surface area contributed by atoms with Gasteiger partial charge in [0.05, 0.1) is 13.2 Å². The quantitative estimate of drug-likeness (QED) is 0.754. The Morgan fingerprint density at radius 1 is 1.25 bits per heavy atom. The molecule has 1 aliphatic carbocycles. The van der Waals surface area contributed by atoms with Crippen LogP contribution in [0, 0.1) is 11.8 Å². The van der Waals surface area contributed by atoms with Crippen LogP contribution in [0.1, 0.15) is 43.4 Å². The molecule has 2 rings (SSSR count). The van der Waals surface area contributed by atoms with E-state index < -0.39 is 0 Å². The predicted octanol–water partition coefficient (Wildman–Crippen LogP) is 4.37. The van der Waals surface area contributed by atoms with Gasteiger partial charge < -0.3 is 10.1 Å². The van der Waals surface area contributed by atoms with Gasteiger partial charge >= 0.3 is 0 Å². The Hall–Kier alpha value is -0.640. The zero-order chi connectivity index (χ0) is 14.4. The van der Waals surface area contributed by atoms with Gasteiger partial charge in [-0.2, -0.15) is 0 Å². The van der Waals surface area contributed by atoms with Crippen LogP contribution in [0.25, 0.3) is 0 Å². The number of rotatable bonds is 7. The molecule has 1 N–H and O–H groups in total. The van der Waals surface area contributed by atoms with Crippen LogP contribution in [-0.2, 0) is 17.9 Å². The number of ether oxygens (including phenoxy) is 1. The lowest BCUT2D eigenvalue weighted by Crippen LogP contribution is -2.21. The maximum atomic E-state index is 5.92. The molecule has 0 bridgehead atoms.